The average Bonchev–Trinajstić information content (AvgIpc) is 2.70. The normalized spacial score (nSPS) is 17.8. The molecule has 3 amide bonds. The summed E-state index contributed by atoms with van der Waals surface area (Å²) in [6.45, 7) is 1.80. The van der Waals surface area contributed by atoms with Crippen LogP contribution in [-0.4, -0.2) is 41.0 Å². The van der Waals surface area contributed by atoms with Gasteiger partial charge in [-0.25, -0.2) is 18.6 Å². The Labute approximate surface area is 178 Å². The molecule has 0 radical (unpaired) electrons. The predicted octanol–water partition coefficient (Wildman–Crippen LogP) is 3.65. The Balaban J connectivity index is 2.03. The number of carbonyl (C=O) groups is 2. The fourth-order valence-corrected chi connectivity index (χ4v) is 3.22. The van der Waals surface area contributed by atoms with Crippen LogP contribution in [0, 0.1) is 11.6 Å². The minimum atomic E-state index is -5.08. The summed E-state index contributed by atoms with van der Waals surface area (Å²) in [5.41, 5.74) is -2.13. The second-order valence-electron chi connectivity index (χ2n) is 6.78. The van der Waals surface area contributed by atoms with E-state index in [1.165, 1.54) is 17.9 Å². The molecule has 0 bridgehead atoms. The minimum absolute atomic E-state index is 0.0246. The molecule has 31 heavy (non-hydrogen) atoms. The molecule has 1 aliphatic heterocycles. The molecule has 2 heterocycles. The molecule has 166 valence electrons. The number of nitrogens with one attached hydrogen (secondary N) is 2. The van der Waals surface area contributed by atoms with Gasteiger partial charge in [0.25, 0.3) is 0 Å². The second-order valence-corrected chi connectivity index (χ2v) is 7.19. The third-order valence-corrected chi connectivity index (χ3v) is 5.04. The highest BCUT2D eigenvalue weighted by molar-refractivity contribution is 6.30. The van der Waals surface area contributed by atoms with Crippen molar-refractivity contribution in [3.05, 3.63) is 63.9 Å². The summed E-state index contributed by atoms with van der Waals surface area (Å²) in [7, 11) is 0. The summed E-state index contributed by atoms with van der Waals surface area (Å²) in [5.74, 6) is -2.87. The Morgan fingerprint density at radius 1 is 1.26 bits per heavy atom. The maximum Gasteiger partial charge on any atom is 0.436 e. The summed E-state index contributed by atoms with van der Waals surface area (Å²) in [5, 5.41) is 4.80. The molecular formula is C19H16ClF5N4O2. The van der Waals surface area contributed by atoms with Crippen molar-refractivity contribution in [3.8, 4) is 0 Å². The van der Waals surface area contributed by atoms with E-state index in [2.05, 4.69) is 15.6 Å². The van der Waals surface area contributed by atoms with Crippen LogP contribution in [0.15, 0.2) is 30.3 Å². The number of benzene rings is 1. The van der Waals surface area contributed by atoms with Gasteiger partial charge in [-0.05, 0) is 36.8 Å². The van der Waals surface area contributed by atoms with E-state index >= 15 is 0 Å². The first-order valence-corrected chi connectivity index (χ1v) is 9.40. The monoisotopic (exact) mass is 462 g/mol. The van der Waals surface area contributed by atoms with Crippen molar-refractivity contribution in [1.29, 1.82) is 0 Å². The lowest BCUT2D eigenvalue weighted by atomic mass is 10.0. The van der Waals surface area contributed by atoms with Crippen molar-refractivity contribution >= 4 is 23.5 Å². The van der Waals surface area contributed by atoms with Gasteiger partial charge in [0.1, 0.15) is 11.9 Å². The van der Waals surface area contributed by atoms with Crippen LogP contribution < -0.4 is 10.6 Å². The van der Waals surface area contributed by atoms with Gasteiger partial charge in [-0.2, -0.15) is 13.2 Å². The lowest BCUT2D eigenvalue weighted by Crippen LogP contribution is -2.58. The maximum absolute atomic E-state index is 14.0. The van der Waals surface area contributed by atoms with E-state index < -0.39 is 47.5 Å². The largest absolute Gasteiger partial charge is 0.436 e. The number of aromatic nitrogens is 1. The Morgan fingerprint density at radius 2 is 1.97 bits per heavy atom. The quantitative estimate of drug-likeness (QED) is 0.684. The molecule has 2 N–H and O–H groups in total. The molecule has 1 fully saturated rings. The van der Waals surface area contributed by atoms with Crippen molar-refractivity contribution in [2.24, 2.45) is 0 Å². The fraction of sp³-hybridized carbons (Fsp3) is 0.316. The molecule has 1 aliphatic rings. The molecule has 0 unspecified atom stereocenters. The number of hydrogen-bond donors (Lipinski definition) is 2. The third-order valence-electron chi connectivity index (χ3n) is 4.74. The van der Waals surface area contributed by atoms with Crippen LogP contribution in [0.5, 0.6) is 0 Å². The molecule has 2 aromatic rings. The fourth-order valence-electron chi connectivity index (χ4n) is 3.10. The summed E-state index contributed by atoms with van der Waals surface area (Å²) >= 11 is 5.67. The zero-order valence-corrected chi connectivity index (χ0v) is 16.7. The molecule has 0 saturated carbocycles. The van der Waals surface area contributed by atoms with E-state index in [-0.39, 0.29) is 29.4 Å². The molecule has 0 aliphatic carbocycles. The van der Waals surface area contributed by atoms with Crippen molar-refractivity contribution < 1.29 is 31.5 Å². The Bertz CT molecular complexity index is 1020. The Kier molecular flexibility index (Phi) is 6.35. The number of pyridine rings is 1. The highest BCUT2D eigenvalue weighted by Crippen LogP contribution is 2.32. The molecule has 1 saturated heterocycles. The summed E-state index contributed by atoms with van der Waals surface area (Å²) in [6.07, 6.45) is -5.08. The van der Waals surface area contributed by atoms with Gasteiger partial charge in [-0.15, -0.1) is 0 Å². The topological polar surface area (TPSA) is 74.3 Å². The number of amides is 3. The highest BCUT2D eigenvalue weighted by Gasteiger charge is 2.38. The number of alkyl halides is 3. The second kappa shape index (κ2) is 8.66. The first kappa shape index (κ1) is 22.7. The maximum atomic E-state index is 14.0. The van der Waals surface area contributed by atoms with E-state index in [9.17, 15) is 31.5 Å². The van der Waals surface area contributed by atoms with Gasteiger partial charge in [0, 0.05) is 13.1 Å². The Morgan fingerprint density at radius 3 is 2.61 bits per heavy atom. The number of nitrogens with zero attached hydrogens (tertiary/aromatic N) is 2. The lowest BCUT2D eigenvalue weighted by Gasteiger charge is -2.34. The SMILES string of the molecule is C[C@@H]1C(=O)NCCN1C(=O)N[C@H](c1ccc(Cl)c(F)c1)c1ccc(F)c(C(F)(F)F)n1. The number of carbonyl (C=O) groups excluding carboxylic acids is 2. The molecule has 1 aromatic heterocycles. The first-order chi connectivity index (χ1) is 14.5. The van der Waals surface area contributed by atoms with Crippen molar-refractivity contribution in [2.45, 2.75) is 25.2 Å². The van der Waals surface area contributed by atoms with E-state index in [0.717, 1.165) is 18.2 Å². The van der Waals surface area contributed by atoms with Gasteiger partial charge in [-0.3, -0.25) is 4.79 Å². The van der Waals surface area contributed by atoms with Crippen LogP contribution in [-0.2, 0) is 11.0 Å². The number of hydrogen-bond acceptors (Lipinski definition) is 3. The third kappa shape index (κ3) is 4.87. The van der Waals surface area contributed by atoms with Gasteiger partial charge in [0.15, 0.2) is 11.5 Å². The smallest absolute Gasteiger partial charge is 0.353 e. The molecule has 6 nitrogen and oxygen atoms in total. The summed E-state index contributed by atoms with van der Waals surface area (Å²) in [6, 6.07) is 1.89. The predicted molar refractivity (Wildman–Crippen MR) is 100 cm³/mol. The summed E-state index contributed by atoms with van der Waals surface area (Å²) < 4.78 is 67.1. The minimum Gasteiger partial charge on any atom is -0.353 e. The first-order valence-electron chi connectivity index (χ1n) is 9.02. The van der Waals surface area contributed by atoms with Crippen molar-refractivity contribution in [2.75, 3.05) is 13.1 Å². The number of urea groups is 1. The van der Waals surface area contributed by atoms with E-state index in [4.69, 9.17) is 11.6 Å². The number of halogens is 6. The van der Waals surface area contributed by atoms with Crippen molar-refractivity contribution in [1.82, 2.24) is 20.5 Å². The van der Waals surface area contributed by atoms with Crippen LogP contribution in [0.4, 0.5) is 26.7 Å². The van der Waals surface area contributed by atoms with Gasteiger partial charge in [0.2, 0.25) is 5.91 Å². The van der Waals surface area contributed by atoms with Crippen LogP contribution in [0.1, 0.15) is 29.9 Å². The van der Waals surface area contributed by atoms with Crippen LogP contribution in [0.3, 0.4) is 0 Å². The van der Waals surface area contributed by atoms with Gasteiger partial charge in [0.05, 0.1) is 16.8 Å². The highest BCUT2D eigenvalue weighted by atomic mass is 35.5. The molecule has 1 aromatic carbocycles. The number of rotatable bonds is 3. The van der Waals surface area contributed by atoms with Gasteiger partial charge in [-0.1, -0.05) is 17.7 Å². The zero-order valence-electron chi connectivity index (χ0n) is 15.9. The molecule has 3 rings (SSSR count). The van der Waals surface area contributed by atoms with E-state index in [1.807, 2.05) is 0 Å². The van der Waals surface area contributed by atoms with Crippen molar-refractivity contribution in [3.63, 3.8) is 0 Å². The van der Waals surface area contributed by atoms with Crippen LogP contribution in [0.2, 0.25) is 5.02 Å². The molecule has 12 heteroatoms. The molecular weight excluding hydrogens is 447 g/mol. The Hall–Kier alpha value is -2.95. The van der Waals surface area contributed by atoms with Gasteiger partial charge >= 0.3 is 12.2 Å². The van der Waals surface area contributed by atoms with Gasteiger partial charge < -0.3 is 15.5 Å². The summed E-state index contributed by atoms with van der Waals surface area (Å²) in [4.78, 5) is 29.1. The molecule has 0 spiro atoms. The number of piperazine rings is 1. The standard InChI is InChI=1S/C19H16ClF5N4O2/c1-9-17(30)26-6-7-29(9)18(31)28-15(10-2-3-11(20)13(22)8-10)14-5-4-12(21)16(27-14)19(23,24)25/h2-5,8-9,15H,6-7H2,1H3,(H,26,30)(H,28,31)/t9-,15-/m1/s1. The lowest BCUT2D eigenvalue weighted by molar-refractivity contribution is -0.143. The van der Waals surface area contributed by atoms with Crippen LogP contribution in [0.25, 0.3) is 0 Å². The van der Waals surface area contributed by atoms with E-state index in [0.29, 0.717) is 6.07 Å². The zero-order chi connectivity index (χ0) is 22.9. The van der Waals surface area contributed by atoms with E-state index in [1.54, 1.807) is 0 Å². The molecule has 2 atom stereocenters. The average molecular weight is 463 g/mol. The van der Waals surface area contributed by atoms with Crippen LogP contribution >= 0.6 is 11.6 Å².